The summed E-state index contributed by atoms with van der Waals surface area (Å²) in [4.78, 5) is 23.4. The van der Waals surface area contributed by atoms with Crippen molar-refractivity contribution >= 4 is 17.9 Å². The molecule has 0 unspecified atom stereocenters. The molecule has 0 saturated carbocycles. The predicted molar refractivity (Wildman–Crippen MR) is 89.5 cm³/mol. The minimum Gasteiger partial charge on any atom is -0.493 e. The van der Waals surface area contributed by atoms with Crippen LogP contribution in [0.5, 0.6) is 11.5 Å². The Balaban J connectivity index is 2.64. The summed E-state index contributed by atoms with van der Waals surface area (Å²) in [5.41, 5.74) is 0.382. The average molecular weight is 320 g/mol. The molecule has 0 spiro atoms. The van der Waals surface area contributed by atoms with Gasteiger partial charge in [-0.1, -0.05) is 12.1 Å². The van der Waals surface area contributed by atoms with Crippen LogP contribution in [-0.4, -0.2) is 38.1 Å². The van der Waals surface area contributed by atoms with Gasteiger partial charge in [0, 0.05) is 17.2 Å². The highest BCUT2D eigenvalue weighted by Crippen LogP contribution is 2.31. The van der Waals surface area contributed by atoms with E-state index >= 15 is 0 Å². The number of carbonyl (C=O) groups excluding carboxylic acids is 2. The number of carbonyl (C=O) groups is 2. The number of ether oxygens (including phenoxy) is 2. The van der Waals surface area contributed by atoms with Crippen LogP contribution in [0.2, 0.25) is 0 Å². The third-order valence-corrected chi connectivity index (χ3v) is 2.79. The van der Waals surface area contributed by atoms with Gasteiger partial charge in [-0.25, -0.2) is 0 Å². The Labute approximate surface area is 136 Å². The zero-order valence-corrected chi connectivity index (χ0v) is 14.2. The van der Waals surface area contributed by atoms with E-state index in [4.69, 9.17) is 9.47 Å². The molecular weight excluding hydrogens is 296 g/mol. The zero-order valence-electron chi connectivity index (χ0n) is 14.2. The highest BCUT2D eigenvalue weighted by atomic mass is 16.5. The molecule has 0 atom stereocenters. The molecule has 126 valence electrons. The number of rotatable bonds is 6. The maximum absolute atomic E-state index is 11.8. The first-order chi connectivity index (χ1) is 10.8. The second-order valence-corrected chi connectivity index (χ2v) is 5.93. The SMILES string of the molecule is COc1cccc(/C=C/C(=O)NCC(=O)NC(C)(C)C)c1OC. The van der Waals surface area contributed by atoms with Gasteiger partial charge in [0.25, 0.3) is 0 Å². The summed E-state index contributed by atoms with van der Waals surface area (Å²) < 4.78 is 10.5. The topological polar surface area (TPSA) is 76.7 Å². The molecule has 1 rings (SSSR count). The standard InChI is InChI=1S/C17H24N2O4/c1-17(2,3)19-15(21)11-18-14(20)10-9-12-7-6-8-13(22-4)16(12)23-5/h6-10H,11H2,1-5H3,(H,18,20)(H,19,21)/b10-9+. The summed E-state index contributed by atoms with van der Waals surface area (Å²) in [6.45, 7) is 5.56. The van der Waals surface area contributed by atoms with Crippen LogP contribution >= 0.6 is 0 Å². The Morgan fingerprint density at radius 3 is 2.43 bits per heavy atom. The Bertz CT molecular complexity index is 589. The lowest BCUT2D eigenvalue weighted by Gasteiger charge is -2.20. The molecule has 0 fully saturated rings. The number of amides is 2. The molecule has 0 aliphatic rings. The molecule has 0 bridgehead atoms. The molecule has 0 heterocycles. The average Bonchev–Trinajstić information content (AvgIpc) is 2.48. The Kier molecular flexibility index (Phi) is 6.63. The molecule has 0 saturated heterocycles. The molecule has 0 aliphatic heterocycles. The minimum absolute atomic E-state index is 0.0737. The summed E-state index contributed by atoms with van der Waals surface area (Å²) in [5.74, 6) is 0.529. The Morgan fingerprint density at radius 1 is 1.17 bits per heavy atom. The smallest absolute Gasteiger partial charge is 0.244 e. The number of hydrogen-bond acceptors (Lipinski definition) is 4. The van der Waals surface area contributed by atoms with Crippen LogP contribution in [0.4, 0.5) is 0 Å². The molecule has 6 nitrogen and oxygen atoms in total. The van der Waals surface area contributed by atoms with E-state index in [0.29, 0.717) is 17.1 Å². The lowest BCUT2D eigenvalue weighted by Crippen LogP contribution is -2.45. The maximum atomic E-state index is 11.8. The van der Waals surface area contributed by atoms with Gasteiger partial charge >= 0.3 is 0 Å². The number of para-hydroxylation sites is 1. The van der Waals surface area contributed by atoms with E-state index < -0.39 is 0 Å². The van der Waals surface area contributed by atoms with E-state index in [9.17, 15) is 9.59 Å². The van der Waals surface area contributed by atoms with E-state index in [2.05, 4.69) is 10.6 Å². The summed E-state index contributed by atoms with van der Waals surface area (Å²) in [7, 11) is 3.08. The van der Waals surface area contributed by atoms with Crippen molar-refractivity contribution in [3.8, 4) is 11.5 Å². The van der Waals surface area contributed by atoms with E-state index in [0.717, 1.165) is 0 Å². The minimum atomic E-state index is -0.362. The van der Waals surface area contributed by atoms with Crippen LogP contribution in [0, 0.1) is 0 Å². The highest BCUT2D eigenvalue weighted by molar-refractivity contribution is 5.94. The van der Waals surface area contributed by atoms with Gasteiger partial charge in [-0.05, 0) is 32.9 Å². The van der Waals surface area contributed by atoms with Crippen molar-refractivity contribution in [1.82, 2.24) is 10.6 Å². The zero-order chi connectivity index (χ0) is 17.5. The second-order valence-electron chi connectivity index (χ2n) is 5.93. The largest absolute Gasteiger partial charge is 0.493 e. The predicted octanol–water partition coefficient (Wildman–Crippen LogP) is 1.75. The molecule has 0 aliphatic carbocycles. The third-order valence-electron chi connectivity index (χ3n) is 2.79. The molecule has 23 heavy (non-hydrogen) atoms. The van der Waals surface area contributed by atoms with Gasteiger partial charge in [0.1, 0.15) is 0 Å². The lowest BCUT2D eigenvalue weighted by atomic mass is 10.1. The van der Waals surface area contributed by atoms with E-state index in [1.165, 1.54) is 13.2 Å². The summed E-state index contributed by atoms with van der Waals surface area (Å²) in [6, 6.07) is 5.38. The third kappa shape index (κ3) is 6.42. The van der Waals surface area contributed by atoms with Crippen molar-refractivity contribution < 1.29 is 19.1 Å². The van der Waals surface area contributed by atoms with E-state index in [1.807, 2.05) is 20.8 Å². The first-order valence-electron chi connectivity index (χ1n) is 7.24. The van der Waals surface area contributed by atoms with Gasteiger partial charge in [-0.3, -0.25) is 9.59 Å². The van der Waals surface area contributed by atoms with Crippen LogP contribution in [0.25, 0.3) is 6.08 Å². The quantitative estimate of drug-likeness (QED) is 0.783. The summed E-state index contributed by atoms with van der Waals surface area (Å²) >= 11 is 0. The molecule has 0 radical (unpaired) electrons. The molecule has 0 aromatic heterocycles. The molecule has 1 aromatic carbocycles. The Morgan fingerprint density at radius 2 is 1.87 bits per heavy atom. The molecular formula is C17H24N2O4. The number of methoxy groups -OCH3 is 2. The van der Waals surface area contributed by atoms with E-state index in [1.54, 1.807) is 31.4 Å². The molecule has 2 amide bonds. The van der Waals surface area contributed by atoms with Gasteiger partial charge in [-0.15, -0.1) is 0 Å². The fourth-order valence-electron chi connectivity index (χ4n) is 1.90. The van der Waals surface area contributed by atoms with Crippen LogP contribution in [0.15, 0.2) is 24.3 Å². The van der Waals surface area contributed by atoms with Crippen molar-refractivity contribution in [3.63, 3.8) is 0 Å². The van der Waals surface area contributed by atoms with Crippen LogP contribution in [0.1, 0.15) is 26.3 Å². The van der Waals surface area contributed by atoms with Gasteiger partial charge < -0.3 is 20.1 Å². The van der Waals surface area contributed by atoms with Crippen molar-refractivity contribution in [3.05, 3.63) is 29.8 Å². The lowest BCUT2D eigenvalue weighted by molar-refractivity contribution is -0.124. The van der Waals surface area contributed by atoms with Crippen molar-refractivity contribution in [2.45, 2.75) is 26.3 Å². The number of benzene rings is 1. The van der Waals surface area contributed by atoms with E-state index in [-0.39, 0.29) is 23.9 Å². The fraction of sp³-hybridized carbons (Fsp3) is 0.412. The van der Waals surface area contributed by atoms with Gasteiger partial charge in [0.05, 0.1) is 20.8 Å². The first kappa shape index (κ1) is 18.5. The van der Waals surface area contributed by atoms with Gasteiger partial charge in [0.2, 0.25) is 11.8 Å². The first-order valence-corrected chi connectivity index (χ1v) is 7.24. The van der Waals surface area contributed by atoms with Gasteiger partial charge in [-0.2, -0.15) is 0 Å². The Hall–Kier alpha value is -2.50. The highest BCUT2D eigenvalue weighted by Gasteiger charge is 2.13. The van der Waals surface area contributed by atoms with Crippen LogP contribution < -0.4 is 20.1 Å². The number of hydrogen-bond donors (Lipinski definition) is 2. The molecule has 1 aromatic rings. The second kappa shape index (κ2) is 8.22. The fourth-order valence-corrected chi connectivity index (χ4v) is 1.90. The monoisotopic (exact) mass is 320 g/mol. The maximum Gasteiger partial charge on any atom is 0.244 e. The normalized spacial score (nSPS) is 11.2. The van der Waals surface area contributed by atoms with Crippen molar-refractivity contribution in [2.24, 2.45) is 0 Å². The van der Waals surface area contributed by atoms with Crippen LogP contribution in [-0.2, 0) is 9.59 Å². The molecule has 6 heteroatoms. The van der Waals surface area contributed by atoms with Crippen molar-refractivity contribution in [2.75, 3.05) is 20.8 Å². The van der Waals surface area contributed by atoms with Gasteiger partial charge in [0.15, 0.2) is 11.5 Å². The summed E-state index contributed by atoms with van der Waals surface area (Å²) in [6.07, 6.45) is 2.96. The van der Waals surface area contributed by atoms with Crippen molar-refractivity contribution in [1.29, 1.82) is 0 Å². The molecule has 2 N–H and O–H groups in total. The number of nitrogens with one attached hydrogen (secondary N) is 2. The summed E-state index contributed by atoms with van der Waals surface area (Å²) in [5, 5.41) is 5.30. The van der Waals surface area contributed by atoms with Crippen LogP contribution in [0.3, 0.4) is 0 Å².